The van der Waals surface area contributed by atoms with Crippen molar-refractivity contribution in [1.29, 1.82) is 0 Å². The van der Waals surface area contributed by atoms with Gasteiger partial charge >= 0.3 is 0 Å². The fourth-order valence-corrected chi connectivity index (χ4v) is 1.64. The third-order valence-electron chi connectivity index (χ3n) is 1.16. The second kappa shape index (κ2) is 4.57. The Labute approximate surface area is 84.0 Å². The van der Waals surface area contributed by atoms with E-state index in [-0.39, 0.29) is 0 Å². The lowest BCUT2D eigenvalue weighted by molar-refractivity contribution is 1.06. The van der Waals surface area contributed by atoms with Crippen molar-refractivity contribution >= 4 is 32.4 Å². The summed E-state index contributed by atoms with van der Waals surface area (Å²) in [5.41, 5.74) is 1.30. The summed E-state index contributed by atoms with van der Waals surface area (Å²) in [5.74, 6) is 0. The lowest BCUT2D eigenvalue weighted by atomic mass is 10.3. The molecule has 0 aliphatic heterocycles. The van der Waals surface area contributed by atoms with Gasteiger partial charge in [0.1, 0.15) is 0 Å². The highest BCUT2D eigenvalue weighted by molar-refractivity contribution is 9.11. The molecule has 0 bridgehead atoms. The number of nitrogens with zero attached hydrogens (tertiary/aromatic N) is 2. The van der Waals surface area contributed by atoms with Crippen LogP contribution < -0.4 is 5.32 Å². The van der Waals surface area contributed by atoms with E-state index in [1.54, 1.807) is 0 Å². The SMILES string of the molecule is CC(C)=CCNc1nnc(Br)s1. The summed E-state index contributed by atoms with van der Waals surface area (Å²) in [7, 11) is 0. The molecule has 1 aromatic heterocycles. The summed E-state index contributed by atoms with van der Waals surface area (Å²) in [6, 6.07) is 0. The van der Waals surface area contributed by atoms with Crippen molar-refractivity contribution in [2.24, 2.45) is 0 Å². The van der Waals surface area contributed by atoms with Crippen molar-refractivity contribution in [3.05, 3.63) is 15.6 Å². The number of hydrogen-bond acceptors (Lipinski definition) is 4. The number of halogens is 1. The highest BCUT2D eigenvalue weighted by Gasteiger charge is 1.97. The van der Waals surface area contributed by atoms with Gasteiger partial charge in [0, 0.05) is 6.54 Å². The second-order valence-corrected chi connectivity index (χ2v) is 4.78. The van der Waals surface area contributed by atoms with Crippen molar-refractivity contribution in [1.82, 2.24) is 10.2 Å². The second-order valence-electron chi connectivity index (χ2n) is 2.52. The third-order valence-corrected chi connectivity index (χ3v) is 2.48. The van der Waals surface area contributed by atoms with Crippen LogP contribution in [0.3, 0.4) is 0 Å². The molecule has 1 rings (SSSR count). The third kappa shape index (κ3) is 3.32. The summed E-state index contributed by atoms with van der Waals surface area (Å²) in [4.78, 5) is 0. The molecule has 0 aliphatic carbocycles. The van der Waals surface area contributed by atoms with Crippen LogP contribution in [0.4, 0.5) is 5.13 Å². The zero-order valence-corrected chi connectivity index (χ0v) is 9.37. The highest BCUT2D eigenvalue weighted by Crippen LogP contribution is 2.19. The molecule has 12 heavy (non-hydrogen) atoms. The summed E-state index contributed by atoms with van der Waals surface area (Å²) in [6.07, 6.45) is 2.11. The summed E-state index contributed by atoms with van der Waals surface area (Å²) < 4.78 is 0.808. The van der Waals surface area contributed by atoms with E-state index in [2.05, 4.69) is 51.4 Å². The van der Waals surface area contributed by atoms with Gasteiger partial charge in [0.25, 0.3) is 0 Å². The van der Waals surface area contributed by atoms with Crippen LogP contribution in [0, 0.1) is 0 Å². The monoisotopic (exact) mass is 247 g/mol. The van der Waals surface area contributed by atoms with Gasteiger partial charge in [0.05, 0.1) is 0 Å². The maximum Gasteiger partial charge on any atom is 0.206 e. The molecule has 66 valence electrons. The first-order chi connectivity index (χ1) is 5.68. The van der Waals surface area contributed by atoms with Crippen molar-refractivity contribution in [3.63, 3.8) is 0 Å². The van der Waals surface area contributed by atoms with Crippen LogP contribution in [0.2, 0.25) is 0 Å². The van der Waals surface area contributed by atoms with E-state index in [4.69, 9.17) is 0 Å². The van der Waals surface area contributed by atoms with Crippen LogP contribution in [-0.2, 0) is 0 Å². The van der Waals surface area contributed by atoms with Gasteiger partial charge in [-0.25, -0.2) is 0 Å². The summed E-state index contributed by atoms with van der Waals surface area (Å²) in [6.45, 7) is 4.94. The predicted octanol–water partition coefficient (Wildman–Crippen LogP) is 2.68. The first-order valence-corrected chi connectivity index (χ1v) is 5.15. The molecule has 0 spiro atoms. The lowest BCUT2D eigenvalue weighted by Crippen LogP contribution is -1.97. The molecule has 0 fully saturated rings. The Bertz CT molecular complexity index is 278. The van der Waals surface area contributed by atoms with Gasteiger partial charge in [0.2, 0.25) is 5.13 Å². The quantitative estimate of drug-likeness (QED) is 0.835. The van der Waals surface area contributed by atoms with Gasteiger partial charge in [-0.3, -0.25) is 0 Å². The lowest BCUT2D eigenvalue weighted by Gasteiger charge is -1.95. The van der Waals surface area contributed by atoms with E-state index in [0.717, 1.165) is 15.6 Å². The Morgan fingerprint density at radius 1 is 1.58 bits per heavy atom. The molecule has 3 nitrogen and oxygen atoms in total. The van der Waals surface area contributed by atoms with E-state index in [0.29, 0.717) is 0 Å². The van der Waals surface area contributed by atoms with Gasteiger partial charge in [-0.15, -0.1) is 10.2 Å². The Hall–Kier alpha value is -0.420. The van der Waals surface area contributed by atoms with E-state index >= 15 is 0 Å². The number of nitrogens with one attached hydrogen (secondary N) is 1. The topological polar surface area (TPSA) is 37.8 Å². The van der Waals surface area contributed by atoms with Crippen molar-refractivity contribution in [3.8, 4) is 0 Å². The molecular formula is C7H10BrN3S. The maximum absolute atomic E-state index is 3.89. The Morgan fingerprint density at radius 2 is 2.33 bits per heavy atom. The molecule has 5 heteroatoms. The summed E-state index contributed by atoms with van der Waals surface area (Å²) in [5, 5.41) is 11.7. The first kappa shape index (κ1) is 9.67. The van der Waals surface area contributed by atoms with Crippen LogP contribution in [0.15, 0.2) is 15.6 Å². The number of allylic oxidation sites excluding steroid dienone is 1. The van der Waals surface area contributed by atoms with Gasteiger partial charge in [-0.05, 0) is 29.8 Å². The standard InChI is InChI=1S/C7H10BrN3S/c1-5(2)3-4-9-7-11-10-6(8)12-7/h3H,4H2,1-2H3,(H,9,11). The molecule has 1 heterocycles. The molecule has 0 unspecified atom stereocenters. The van der Waals surface area contributed by atoms with E-state index in [9.17, 15) is 0 Å². The zero-order chi connectivity index (χ0) is 8.97. The molecule has 0 aromatic carbocycles. The minimum atomic E-state index is 0.808. The van der Waals surface area contributed by atoms with Crippen LogP contribution >= 0.6 is 27.3 Å². The molecule has 0 radical (unpaired) electrons. The fourth-order valence-electron chi connectivity index (χ4n) is 0.619. The van der Waals surface area contributed by atoms with Gasteiger partial charge in [0.15, 0.2) is 3.92 Å². The van der Waals surface area contributed by atoms with Crippen molar-refractivity contribution in [2.75, 3.05) is 11.9 Å². The Balaban J connectivity index is 2.38. The fraction of sp³-hybridized carbons (Fsp3) is 0.429. The molecule has 1 aromatic rings. The number of anilines is 1. The molecule has 0 saturated heterocycles. The minimum absolute atomic E-state index is 0.808. The molecule has 0 saturated carbocycles. The highest BCUT2D eigenvalue weighted by atomic mass is 79.9. The number of hydrogen-bond donors (Lipinski definition) is 1. The van der Waals surface area contributed by atoms with E-state index in [1.165, 1.54) is 16.9 Å². The number of rotatable bonds is 3. The van der Waals surface area contributed by atoms with Crippen LogP contribution in [-0.4, -0.2) is 16.7 Å². The zero-order valence-electron chi connectivity index (χ0n) is 6.97. The van der Waals surface area contributed by atoms with Crippen LogP contribution in [0.25, 0.3) is 0 Å². The molecule has 0 amide bonds. The normalized spacial score (nSPS) is 9.58. The maximum atomic E-state index is 3.89. The average Bonchev–Trinajstić information content (AvgIpc) is 2.35. The van der Waals surface area contributed by atoms with Gasteiger partial charge in [-0.1, -0.05) is 23.0 Å². The van der Waals surface area contributed by atoms with Gasteiger partial charge < -0.3 is 5.32 Å². The summed E-state index contributed by atoms with van der Waals surface area (Å²) >= 11 is 4.74. The van der Waals surface area contributed by atoms with E-state index < -0.39 is 0 Å². The molecule has 0 aliphatic rings. The molecular weight excluding hydrogens is 238 g/mol. The predicted molar refractivity (Wildman–Crippen MR) is 55.5 cm³/mol. The van der Waals surface area contributed by atoms with E-state index in [1.807, 2.05) is 0 Å². The number of aromatic nitrogens is 2. The average molecular weight is 248 g/mol. The Morgan fingerprint density at radius 3 is 2.83 bits per heavy atom. The smallest absolute Gasteiger partial charge is 0.206 e. The van der Waals surface area contributed by atoms with Crippen molar-refractivity contribution < 1.29 is 0 Å². The largest absolute Gasteiger partial charge is 0.357 e. The Kier molecular flexibility index (Phi) is 3.68. The van der Waals surface area contributed by atoms with Gasteiger partial charge in [-0.2, -0.15) is 0 Å². The minimum Gasteiger partial charge on any atom is -0.357 e. The van der Waals surface area contributed by atoms with Crippen molar-refractivity contribution in [2.45, 2.75) is 13.8 Å². The van der Waals surface area contributed by atoms with Crippen LogP contribution in [0.1, 0.15) is 13.8 Å². The first-order valence-electron chi connectivity index (χ1n) is 3.54. The molecule has 0 atom stereocenters. The molecule has 1 N–H and O–H groups in total. The van der Waals surface area contributed by atoms with Crippen LogP contribution in [0.5, 0.6) is 0 Å².